The molecule has 0 saturated carbocycles. The molecule has 0 fully saturated rings. The van der Waals surface area contributed by atoms with Crippen LogP contribution in [0.1, 0.15) is 12.8 Å². The van der Waals surface area contributed by atoms with Gasteiger partial charge in [-0.2, -0.15) is 0 Å². The summed E-state index contributed by atoms with van der Waals surface area (Å²) in [7, 11) is -2.18. The van der Waals surface area contributed by atoms with Gasteiger partial charge in [-0.25, -0.2) is 4.52 Å². The van der Waals surface area contributed by atoms with Crippen LogP contribution in [0.15, 0.2) is 91.0 Å². The standard InChI is InChI=1S/C22H24O2P/c23-18-10-11-19-24-25(20-12-4-1-5-13-20,21-14-6-2-7-15-21)22-16-8-3-9-17-22/h1-9,12-17,23H,10-11,18-19H2/q+1. The second kappa shape index (κ2) is 8.92. The lowest BCUT2D eigenvalue weighted by Gasteiger charge is -2.25. The molecule has 1 N–H and O–H groups in total. The molecule has 2 nitrogen and oxygen atoms in total. The van der Waals surface area contributed by atoms with Crippen LogP contribution in [-0.4, -0.2) is 18.3 Å². The summed E-state index contributed by atoms with van der Waals surface area (Å²) in [5.74, 6) is 0. The minimum absolute atomic E-state index is 0.205. The summed E-state index contributed by atoms with van der Waals surface area (Å²) in [5, 5.41) is 12.8. The fraction of sp³-hybridized carbons (Fsp3) is 0.182. The summed E-state index contributed by atoms with van der Waals surface area (Å²) >= 11 is 0. The average Bonchev–Trinajstić information content (AvgIpc) is 2.70. The smallest absolute Gasteiger partial charge is 0.242 e. The van der Waals surface area contributed by atoms with E-state index < -0.39 is 7.49 Å². The number of aliphatic hydroxyl groups excluding tert-OH is 1. The van der Waals surface area contributed by atoms with Gasteiger partial charge in [0, 0.05) is 6.61 Å². The van der Waals surface area contributed by atoms with E-state index in [1.165, 1.54) is 15.9 Å². The van der Waals surface area contributed by atoms with Crippen LogP contribution in [0, 0.1) is 0 Å². The van der Waals surface area contributed by atoms with Crippen molar-refractivity contribution in [1.29, 1.82) is 0 Å². The molecule has 0 bridgehead atoms. The van der Waals surface area contributed by atoms with Crippen molar-refractivity contribution >= 4 is 23.4 Å². The van der Waals surface area contributed by atoms with Crippen molar-refractivity contribution in [2.75, 3.05) is 13.2 Å². The maximum atomic E-state index is 9.10. The Morgan fingerprint density at radius 3 is 1.36 bits per heavy atom. The highest BCUT2D eigenvalue weighted by Gasteiger charge is 2.47. The molecule has 3 heteroatoms. The molecule has 0 heterocycles. The average molecular weight is 351 g/mol. The van der Waals surface area contributed by atoms with Crippen LogP contribution in [0.4, 0.5) is 0 Å². The Balaban J connectivity index is 2.13. The monoisotopic (exact) mass is 351 g/mol. The highest BCUT2D eigenvalue weighted by molar-refractivity contribution is 7.91. The first-order chi connectivity index (χ1) is 12.4. The van der Waals surface area contributed by atoms with Gasteiger partial charge in [0.05, 0.1) is 6.61 Å². The third kappa shape index (κ3) is 3.99. The van der Waals surface area contributed by atoms with Gasteiger partial charge >= 0.3 is 0 Å². The van der Waals surface area contributed by atoms with Gasteiger partial charge in [-0.1, -0.05) is 54.6 Å². The molecule has 0 atom stereocenters. The van der Waals surface area contributed by atoms with Crippen molar-refractivity contribution in [2.24, 2.45) is 0 Å². The van der Waals surface area contributed by atoms with Gasteiger partial charge in [0.15, 0.2) is 0 Å². The quantitative estimate of drug-likeness (QED) is 0.495. The maximum absolute atomic E-state index is 9.10. The molecular weight excluding hydrogens is 327 g/mol. The van der Waals surface area contributed by atoms with Gasteiger partial charge < -0.3 is 5.11 Å². The van der Waals surface area contributed by atoms with E-state index in [1.54, 1.807) is 0 Å². The summed E-state index contributed by atoms with van der Waals surface area (Å²) in [4.78, 5) is 0. The van der Waals surface area contributed by atoms with E-state index in [1.807, 2.05) is 18.2 Å². The number of rotatable bonds is 8. The van der Waals surface area contributed by atoms with Crippen LogP contribution in [0.25, 0.3) is 0 Å². The summed E-state index contributed by atoms with van der Waals surface area (Å²) in [5.41, 5.74) is 0. The molecule has 25 heavy (non-hydrogen) atoms. The zero-order valence-electron chi connectivity index (χ0n) is 14.3. The lowest BCUT2D eigenvalue weighted by molar-refractivity contribution is 0.262. The largest absolute Gasteiger partial charge is 0.396 e. The van der Waals surface area contributed by atoms with Gasteiger partial charge in [0.25, 0.3) is 0 Å². The molecule has 0 spiro atoms. The molecule has 0 radical (unpaired) electrons. The Labute approximate surface area is 150 Å². The Kier molecular flexibility index (Phi) is 6.36. The van der Waals surface area contributed by atoms with Crippen molar-refractivity contribution in [3.8, 4) is 0 Å². The van der Waals surface area contributed by atoms with Crippen LogP contribution in [0.3, 0.4) is 0 Å². The Bertz CT molecular complexity index is 648. The lowest BCUT2D eigenvalue weighted by atomic mass is 10.3. The number of aliphatic hydroxyl groups is 1. The van der Waals surface area contributed by atoms with E-state index in [0.29, 0.717) is 6.61 Å². The molecule has 0 amide bonds. The van der Waals surface area contributed by atoms with Crippen molar-refractivity contribution in [2.45, 2.75) is 12.8 Å². The first-order valence-corrected chi connectivity index (χ1v) is 10.4. The van der Waals surface area contributed by atoms with E-state index in [4.69, 9.17) is 9.63 Å². The fourth-order valence-corrected chi connectivity index (χ4v) is 6.52. The van der Waals surface area contributed by atoms with Gasteiger partial charge in [-0.05, 0) is 49.2 Å². The summed E-state index contributed by atoms with van der Waals surface area (Å²) in [6.07, 6.45) is 1.61. The SMILES string of the molecule is OCCCCO[P+](c1ccccc1)(c1ccccc1)c1ccccc1. The van der Waals surface area contributed by atoms with E-state index in [2.05, 4.69) is 72.8 Å². The van der Waals surface area contributed by atoms with Crippen LogP contribution >= 0.6 is 7.49 Å². The first-order valence-electron chi connectivity index (χ1n) is 8.69. The molecule has 0 aliphatic heterocycles. The fourth-order valence-electron chi connectivity index (χ4n) is 3.00. The van der Waals surface area contributed by atoms with E-state index in [-0.39, 0.29) is 6.61 Å². The van der Waals surface area contributed by atoms with Gasteiger partial charge in [0.2, 0.25) is 7.49 Å². The molecule has 0 aliphatic carbocycles. The molecular formula is C22H24O2P+. The van der Waals surface area contributed by atoms with Crippen LogP contribution in [0.5, 0.6) is 0 Å². The Hall–Kier alpha value is -1.99. The van der Waals surface area contributed by atoms with Crippen molar-refractivity contribution < 1.29 is 9.63 Å². The zero-order chi connectivity index (χ0) is 17.4. The summed E-state index contributed by atoms with van der Waals surface area (Å²) in [6.45, 7) is 0.837. The van der Waals surface area contributed by atoms with Crippen molar-refractivity contribution in [3.05, 3.63) is 91.0 Å². The molecule has 3 rings (SSSR count). The lowest BCUT2D eigenvalue weighted by Crippen LogP contribution is -2.33. The summed E-state index contributed by atoms with van der Waals surface area (Å²) in [6, 6.07) is 31.6. The predicted octanol–water partition coefficient (Wildman–Crippen LogP) is 3.68. The second-order valence-electron chi connectivity index (χ2n) is 5.88. The minimum Gasteiger partial charge on any atom is -0.396 e. The molecule has 0 unspecified atom stereocenters. The third-order valence-electron chi connectivity index (χ3n) is 4.20. The normalized spacial score (nSPS) is 11.4. The second-order valence-corrected chi connectivity index (χ2v) is 8.91. The number of hydrogen-bond acceptors (Lipinski definition) is 2. The topological polar surface area (TPSA) is 29.5 Å². The van der Waals surface area contributed by atoms with Crippen LogP contribution in [0.2, 0.25) is 0 Å². The van der Waals surface area contributed by atoms with Crippen molar-refractivity contribution in [1.82, 2.24) is 0 Å². The number of unbranched alkanes of at least 4 members (excludes halogenated alkanes) is 1. The molecule has 128 valence electrons. The first kappa shape index (κ1) is 17.8. The maximum Gasteiger partial charge on any atom is 0.242 e. The highest BCUT2D eigenvalue weighted by atomic mass is 31.2. The minimum atomic E-state index is -2.18. The molecule has 0 aromatic heterocycles. The number of benzene rings is 3. The van der Waals surface area contributed by atoms with Gasteiger partial charge in [-0.15, -0.1) is 0 Å². The van der Waals surface area contributed by atoms with E-state index in [0.717, 1.165) is 12.8 Å². The van der Waals surface area contributed by atoms with Gasteiger partial charge in [-0.3, -0.25) is 0 Å². The number of hydrogen-bond donors (Lipinski definition) is 1. The van der Waals surface area contributed by atoms with E-state index >= 15 is 0 Å². The van der Waals surface area contributed by atoms with Crippen LogP contribution < -0.4 is 15.9 Å². The van der Waals surface area contributed by atoms with E-state index in [9.17, 15) is 0 Å². The predicted molar refractivity (Wildman–Crippen MR) is 107 cm³/mol. The third-order valence-corrected chi connectivity index (χ3v) is 7.84. The molecule has 0 saturated heterocycles. The Morgan fingerprint density at radius 2 is 1.00 bits per heavy atom. The molecule has 3 aromatic rings. The zero-order valence-corrected chi connectivity index (χ0v) is 15.2. The highest BCUT2D eigenvalue weighted by Crippen LogP contribution is 2.56. The Morgan fingerprint density at radius 1 is 0.600 bits per heavy atom. The molecule has 0 aliphatic rings. The molecule has 3 aromatic carbocycles. The summed E-state index contributed by atoms with van der Waals surface area (Å²) < 4.78 is 6.69. The van der Waals surface area contributed by atoms with Crippen LogP contribution in [-0.2, 0) is 4.52 Å². The van der Waals surface area contributed by atoms with Crippen molar-refractivity contribution in [3.63, 3.8) is 0 Å². The van der Waals surface area contributed by atoms with Gasteiger partial charge in [0.1, 0.15) is 15.9 Å².